The highest BCUT2D eigenvalue weighted by atomic mass is 32.2. The molecule has 2 aliphatic rings. The lowest BCUT2D eigenvalue weighted by atomic mass is 10.1. The topological polar surface area (TPSA) is 70.7 Å². The number of nitrogens with one attached hydrogen (secondary N) is 2. The van der Waals surface area contributed by atoms with Gasteiger partial charge in [0.15, 0.2) is 0 Å². The molecule has 1 saturated heterocycles. The summed E-state index contributed by atoms with van der Waals surface area (Å²) in [6.07, 6.45) is 0.728. The van der Waals surface area contributed by atoms with Crippen molar-refractivity contribution in [2.45, 2.75) is 16.6 Å². The van der Waals surface area contributed by atoms with Gasteiger partial charge in [-0.15, -0.1) is 11.8 Å². The van der Waals surface area contributed by atoms with E-state index < -0.39 is 0 Å². The van der Waals surface area contributed by atoms with Crippen LogP contribution in [0.25, 0.3) is 0 Å². The quantitative estimate of drug-likeness (QED) is 0.771. The standard InChI is InChI=1S/C17H23N3O3S/c21-16(18-5-6-20-7-9-23-10-8-20)12-19-17(22)15-11-13-3-1-2-4-14(13)24-15/h1-4,15H,5-12H2,(H,18,21)(H,19,22)/t15-/m0/s1. The van der Waals surface area contributed by atoms with Crippen molar-refractivity contribution in [2.75, 3.05) is 45.9 Å². The average Bonchev–Trinajstić information content (AvgIpc) is 3.05. The second-order valence-corrected chi connectivity index (χ2v) is 7.18. The summed E-state index contributed by atoms with van der Waals surface area (Å²) < 4.78 is 5.29. The van der Waals surface area contributed by atoms with Gasteiger partial charge < -0.3 is 15.4 Å². The Balaban J connectivity index is 1.32. The van der Waals surface area contributed by atoms with E-state index >= 15 is 0 Å². The largest absolute Gasteiger partial charge is 0.379 e. The van der Waals surface area contributed by atoms with Crippen LogP contribution >= 0.6 is 11.8 Å². The van der Waals surface area contributed by atoms with Crippen LogP contribution in [0.3, 0.4) is 0 Å². The van der Waals surface area contributed by atoms with E-state index in [2.05, 4.69) is 15.5 Å². The number of hydrogen-bond donors (Lipinski definition) is 2. The lowest BCUT2D eigenvalue weighted by Crippen LogP contribution is -2.44. The molecule has 2 aliphatic heterocycles. The fourth-order valence-electron chi connectivity index (χ4n) is 2.85. The van der Waals surface area contributed by atoms with E-state index in [-0.39, 0.29) is 23.6 Å². The zero-order chi connectivity index (χ0) is 16.8. The maximum absolute atomic E-state index is 12.2. The summed E-state index contributed by atoms with van der Waals surface area (Å²) in [5, 5.41) is 5.46. The first-order valence-corrected chi connectivity index (χ1v) is 9.19. The number of nitrogens with zero attached hydrogens (tertiary/aromatic N) is 1. The molecule has 130 valence electrons. The smallest absolute Gasteiger partial charge is 0.239 e. The van der Waals surface area contributed by atoms with Crippen molar-refractivity contribution in [1.82, 2.24) is 15.5 Å². The number of hydrogen-bond acceptors (Lipinski definition) is 5. The molecular formula is C17H23N3O3S. The van der Waals surface area contributed by atoms with Gasteiger partial charge >= 0.3 is 0 Å². The summed E-state index contributed by atoms with van der Waals surface area (Å²) in [5.41, 5.74) is 1.21. The summed E-state index contributed by atoms with van der Waals surface area (Å²) in [6, 6.07) is 8.05. The molecule has 1 fully saturated rings. The zero-order valence-electron chi connectivity index (χ0n) is 13.6. The number of thioether (sulfide) groups is 1. The lowest BCUT2D eigenvalue weighted by molar-refractivity contribution is -0.125. The number of carbonyl (C=O) groups excluding carboxylic acids is 2. The zero-order valence-corrected chi connectivity index (χ0v) is 14.4. The molecule has 1 aromatic rings. The minimum Gasteiger partial charge on any atom is -0.379 e. The average molecular weight is 349 g/mol. The van der Waals surface area contributed by atoms with E-state index in [4.69, 9.17) is 4.74 Å². The van der Waals surface area contributed by atoms with Crippen molar-refractivity contribution in [3.8, 4) is 0 Å². The van der Waals surface area contributed by atoms with Gasteiger partial charge in [-0.25, -0.2) is 0 Å². The molecule has 2 heterocycles. The number of morpholine rings is 1. The summed E-state index contributed by atoms with van der Waals surface area (Å²) in [7, 11) is 0. The molecule has 7 heteroatoms. The van der Waals surface area contributed by atoms with E-state index in [0.29, 0.717) is 6.54 Å². The van der Waals surface area contributed by atoms with E-state index in [1.807, 2.05) is 24.3 Å². The normalized spacial score (nSPS) is 20.4. The number of ether oxygens (including phenoxy) is 1. The number of rotatable bonds is 6. The van der Waals surface area contributed by atoms with Crippen LogP contribution in [0, 0.1) is 0 Å². The van der Waals surface area contributed by atoms with Crippen molar-refractivity contribution in [2.24, 2.45) is 0 Å². The van der Waals surface area contributed by atoms with E-state index in [1.165, 1.54) is 5.56 Å². The molecule has 2 N–H and O–H groups in total. The summed E-state index contributed by atoms with van der Waals surface area (Å²) in [4.78, 5) is 27.5. The SMILES string of the molecule is O=C(CNC(=O)[C@@H]1Cc2ccccc2S1)NCCN1CCOCC1. The van der Waals surface area contributed by atoms with Gasteiger partial charge in [0.25, 0.3) is 0 Å². The predicted octanol–water partition coefficient (Wildman–Crippen LogP) is 0.268. The van der Waals surface area contributed by atoms with Gasteiger partial charge in [-0.3, -0.25) is 14.5 Å². The fourth-order valence-corrected chi connectivity index (χ4v) is 4.07. The molecule has 2 amide bonds. The van der Waals surface area contributed by atoms with Crippen LogP contribution in [0.5, 0.6) is 0 Å². The minimum absolute atomic E-state index is 0.0371. The van der Waals surface area contributed by atoms with Crippen LogP contribution in [0.2, 0.25) is 0 Å². The maximum atomic E-state index is 12.2. The first kappa shape index (κ1) is 17.3. The highest BCUT2D eigenvalue weighted by molar-refractivity contribution is 8.01. The van der Waals surface area contributed by atoms with E-state index in [0.717, 1.165) is 44.2 Å². The van der Waals surface area contributed by atoms with Crippen molar-refractivity contribution in [1.29, 1.82) is 0 Å². The highest BCUT2D eigenvalue weighted by Gasteiger charge is 2.27. The fraction of sp³-hybridized carbons (Fsp3) is 0.529. The van der Waals surface area contributed by atoms with Crippen LogP contribution < -0.4 is 10.6 Å². The van der Waals surface area contributed by atoms with Gasteiger partial charge in [0.2, 0.25) is 11.8 Å². The molecule has 1 aromatic carbocycles. The van der Waals surface area contributed by atoms with Crippen LogP contribution in [0.15, 0.2) is 29.2 Å². The Morgan fingerprint density at radius 3 is 2.79 bits per heavy atom. The Bertz CT molecular complexity index is 565. The molecule has 0 spiro atoms. The van der Waals surface area contributed by atoms with E-state index in [9.17, 15) is 9.59 Å². The number of benzene rings is 1. The molecule has 0 aliphatic carbocycles. The molecule has 0 unspecified atom stereocenters. The van der Waals surface area contributed by atoms with Crippen LogP contribution in [0.4, 0.5) is 0 Å². The predicted molar refractivity (Wildman–Crippen MR) is 93.1 cm³/mol. The third kappa shape index (κ3) is 4.72. The van der Waals surface area contributed by atoms with E-state index in [1.54, 1.807) is 11.8 Å². The number of amides is 2. The molecule has 6 nitrogen and oxygen atoms in total. The van der Waals surface area contributed by atoms with Crippen molar-refractivity contribution >= 4 is 23.6 Å². The van der Waals surface area contributed by atoms with Crippen LogP contribution in [-0.2, 0) is 20.7 Å². The minimum atomic E-state index is -0.142. The molecule has 0 aromatic heterocycles. The molecule has 0 saturated carbocycles. The van der Waals surface area contributed by atoms with Gasteiger partial charge in [-0.05, 0) is 18.1 Å². The Morgan fingerprint density at radius 1 is 1.21 bits per heavy atom. The van der Waals surface area contributed by atoms with Gasteiger partial charge in [-0.2, -0.15) is 0 Å². The third-order valence-corrected chi connectivity index (χ3v) is 5.53. The third-order valence-electron chi connectivity index (χ3n) is 4.22. The van der Waals surface area contributed by atoms with Gasteiger partial charge in [-0.1, -0.05) is 18.2 Å². The van der Waals surface area contributed by atoms with Crippen LogP contribution in [0.1, 0.15) is 5.56 Å². The second-order valence-electron chi connectivity index (χ2n) is 5.94. The summed E-state index contributed by atoms with van der Waals surface area (Å²) >= 11 is 1.57. The Kier molecular flexibility index (Phi) is 6.12. The van der Waals surface area contributed by atoms with Crippen molar-refractivity contribution < 1.29 is 14.3 Å². The van der Waals surface area contributed by atoms with Gasteiger partial charge in [0.1, 0.15) is 0 Å². The molecule has 24 heavy (non-hydrogen) atoms. The van der Waals surface area contributed by atoms with Gasteiger partial charge in [0, 0.05) is 31.1 Å². The van der Waals surface area contributed by atoms with Crippen molar-refractivity contribution in [3.63, 3.8) is 0 Å². The molecule has 0 bridgehead atoms. The summed E-state index contributed by atoms with van der Waals surface area (Å²) in [6.45, 7) is 4.78. The Labute approximate surface area is 146 Å². The molecular weight excluding hydrogens is 326 g/mol. The number of fused-ring (bicyclic) bond motifs is 1. The molecule has 1 atom stereocenters. The molecule has 0 radical (unpaired) electrons. The number of carbonyl (C=O) groups is 2. The van der Waals surface area contributed by atoms with Gasteiger partial charge in [0.05, 0.1) is 25.0 Å². The summed E-state index contributed by atoms with van der Waals surface area (Å²) in [5.74, 6) is -0.211. The van der Waals surface area contributed by atoms with Crippen LogP contribution in [-0.4, -0.2) is 67.9 Å². The first-order valence-electron chi connectivity index (χ1n) is 8.31. The van der Waals surface area contributed by atoms with Crippen molar-refractivity contribution in [3.05, 3.63) is 29.8 Å². The Morgan fingerprint density at radius 2 is 2.00 bits per heavy atom. The maximum Gasteiger partial charge on any atom is 0.239 e. The molecule has 3 rings (SSSR count). The second kappa shape index (κ2) is 8.50. The first-order chi connectivity index (χ1) is 11.7. The monoisotopic (exact) mass is 349 g/mol. The highest BCUT2D eigenvalue weighted by Crippen LogP contribution is 2.36. The Hall–Kier alpha value is -1.57. The lowest BCUT2D eigenvalue weighted by Gasteiger charge is -2.26.